The van der Waals surface area contributed by atoms with Crippen LogP contribution >= 0.6 is 11.3 Å². The number of nitrogens with zero attached hydrogens (tertiary/aromatic N) is 5. The van der Waals surface area contributed by atoms with Crippen molar-refractivity contribution in [1.29, 1.82) is 0 Å². The molecule has 5 rings (SSSR count). The standard InChI is InChI=1S/C35H37F3N6O2S/c1-22(2)31-23(3)8-6-11-30(31)44-25(5)20-47-34(44)41-33(45)40-24(4)9-7-10-26-12-14-27(15-13-26)32-39-21-43(42-32)28-16-18-29(19-17-28)46-35(36,37)38/h6,8,11-22,24H,7,9-10H2,1-5H3,(H,40,45). The molecule has 2 amide bonds. The smallest absolute Gasteiger partial charge is 0.406 e. The van der Waals surface area contributed by atoms with Gasteiger partial charge in [-0.2, -0.15) is 4.99 Å². The van der Waals surface area contributed by atoms with E-state index in [9.17, 15) is 18.0 Å². The van der Waals surface area contributed by atoms with Crippen LogP contribution in [0.4, 0.5) is 18.0 Å². The maximum atomic E-state index is 12.9. The summed E-state index contributed by atoms with van der Waals surface area (Å²) in [7, 11) is 0. The lowest BCUT2D eigenvalue weighted by molar-refractivity contribution is -0.274. The number of alkyl halides is 3. The van der Waals surface area contributed by atoms with E-state index in [2.05, 4.69) is 62.6 Å². The Morgan fingerprint density at radius 3 is 2.43 bits per heavy atom. The molecule has 1 N–H and O–H groups in total. The van der Waals surface area contributed by atoms with Crippen LogP contribution in [0.2, 0.25) is 0 Å². The van der Waals surface area contributed by atoms with Gasteiger partial charge in [-0.25, -0.2) is 14.5 Å². The highest BCUT2D eigenvalue weighted by atomic mass is 32.1. The zero-order valence-corrected chi connectivity index (χ0v) is 27.7. The Morgan fingerprint density at radius 2 is 1.74 bits per heavy atom. The summed E-state index contributed by atoms with van der Waals surface area (Å²) in [5.74, 6) is 0.525. The number of amides is 2. The number of urea groups is 1. The summed E-state index contributed by atoms with van der Waals surface area (Å²) in [6.45, 7) is 10.5. The fourth-order valence-corrected chi connectivity index (χ4v) is 6.39. The lowest BCUT2D eigenvalue weighted by Gasteiger charge is -2.18. The highest BCUT2D eigenvalue weighted by molar-refractivity contribution is 7.07. The number of ether oxygens (including phenoxy) is 1. The summed E-state index contributed by atoms with van der Waals surface area (Å²) in [4.78, 5) is 22.4. The van der Waals surface area contributed by atoms with Gasteiger partial charge in [0.2, 0.25) is 0 Å². The lowest BCUT2D eigenvalue weighted by atomic mass is 9.96. The molecule has 0 radical (unpaired) electrons. The van der Waals surface area contributed by atoms with Crippen LogP contribution in [0, 0.1) is 13.8 Å². The van der Waals surface area contributed by atoms with E-state index in [1.54, 1.807) is 0 Å². The first-order valence-corrected chi connectivity index (χ1v) is 16.3. The normalized spacial score (nSPS) is 12.8. The van der Waals surface area contributed by atoms with Gasteiger partial charge < -0.3 is 10.1 Å². The van der Waals surface area contributed by atoms with Crippen molar-refractivity contribution in [3.8, 4) is 28.5 Å². The molecule has 3 aromatic carbocycles. The molecule has 47 heavy (non-hydrogen) atoms. The topological polar surface area (TPSA) is 86.3 Å². The third kappa shape index (κ3) is 8.56. The van der Waals surface area contributed by atoms with E-state index in [1.165, 1.54) is 57.7 Å². The van der Waals surface area contributed by atoms with Crippen LogP contribution in [0.1, 0.15) is 61.9 Å². The summed E-state index contributed by atoms with van der Waals surface area (Å²) < 4.78 is 44.8. The second-order valence-electron chi connectivity index (χ2n) is 11.8. The van der Waals surface area contributed by atoms with E-state index in [1.807, 2.05) is 49.6 Å². The molecule has 5 aromatic rings. The summed E-state index contributed by atoms with van der Waals surface area (Å²) >= 11 is 1.46. The molecule has 2 heterocycles. The van der Waals surface area contributed by atoms with E-state index in [4.69, 9.17) is 0 Å². The molecule has 0 saturated heterocycles. The molecule has 1 unspecified atom stereocenters. The van der Waals surface area contributed by atoms with Crippen molar-refractivity contribution in [2.24, 2.45) is 4.99 Å². The van der Waals surface area contributed by atoms with E-state index in [-0.39, 0.29) is 17.8 Å². The molecule has 246 valence electrons. The van der Waals surface area contributed by atoms with Crippen LogP contribution in [-0.4, -0.2) is 37.8 Å². The Kier molecular flexibility index (Phi) is 10.3. The summed E-state index contributed by atoms with van der Waals surface area (Å²) in [5, 5.41) is 9.50. The molecule has 0 aliphatic rings. The Morgan fingerprint density at radius 1 is 1.02 bits per heavy atom. The van der Waals surface area contributed by atoms with Gasteiger partial charge in [0.1, 0.15) is 12.1 Å². The Balaban J connectivity index is 1.15. The number of rotatable bonds is 10. The molecule has 0 spiro atoms. The molecule has 0 aliphatic carbocycles. The molecule has 0 saturated carbocycles. The molecule has 0 aliphatic heterocycles. The summed E-state index contributed by atoms with van der Waals surface area (Å²) in [6.07, 6.45) is -0.731. The Hall–Kier alpha value is -4.71. The SMILES string of the molecule is Cc1cccc(-n2c(C)csc2=NC(=O)NC(C)CCCc2ccc(-c3ncn(-c4ccc(OC(F)(F)F)cc4)n3)cc2)c1C(C)C. The highest BCUT2D eigenvalue weighted by Crippen LogP contribution is 2.27. The molecule has 8 nitrogen and oxygen atoms in total. The van der Waals surface area contributed by atoms with Crippen LogP contribution in [0.15, 0.2) is 83.4 Å². The van der Waals surface area contributed by atoms with Gasteiger partial charge in [-0.15, -0.1) is 29.6 Å². The quantitative estimate of drug-likeness (QED) is 0.163. The van der Waals surface area contributed by atoms with Gasteiger partial charge in [-0.05, 0) is 93.0 Å². The first-order chi connectivity index (χ1) is 22.4. The molecule has 0 bridgehead atoms. The second-order valence-corrected chi connectivity index (χ2v) is 12.6. The van der Waals surface area contributed by atoms with Crippen molar-refractivity contribution in [1.82, 2.24) is 24.6 Å². The predicted octanol–water partition coefficient (Wildman–Crippen LogP) is 8.45. The maximum Gasteiger partial charge on any atom is 0.573 e. The molecule has 2 aromatic heterocycles. The number of benzene rings is 3. The van der Waals surface area contributed by atoms with Crippen molar-refractivity contribution in [2.45, 2.75) is 72.2 Å². The van der Waals surface area contributed by atoms with Crippen LogP contribution in [-0.2, 0) is 6.42 Å². The minimum absolute atomic E-state index is 0.0486. The van der Waals surface area contributed by atoms with Crippen molar-refractivity contribution >= 4 is 17.4 Å². The highest BCUT2D eigenvalue weighted by Gasteiger charge is 2.31. The van der Waals surface area contributed by atoms with Crippen molar-refractivity contribution in [3.63, 3.8) is 0 Å². The van der Waals surface area contributed by atoms with Gasteiger partial charge in [0.25, 0.3) is 0 Å². The zero-order chi connectivity index (χ0) is 33.7. The Labute approximate surface area is 275 Å². The number of hydrogen-bond donors (Lipinski definition) is 1. The van der Waals surface area contributed by atoms with E-state index >= 15 is 0 Å². The minimum Gasteiger partial charge on any atom is -0.406 e. The van der Waals surface area contributed by atoms with Gasteiger partial charge in [0.15, 0.2) is 10.6 Å². The summed E-state index contributed by atoms with van der Waals surface area (Å²) in [6, 6.07) is 19.2. The number of hydrogen-bond acceptors (Lipinski definition) is 5. The predicted molar refractivity (Wildman–Crippen MR) is 177 cm³/mol. The molecule has 1 atom stereocenters. The molecule has 0 fully saturated rings. The van der Waals surface area contributed by atoms with Gasteiger partial charge in [0.05, 0.1) is 11.4 Å². The summed E-state index contributed by atoms with van der Waals surface area (Å²) in [5.41, 5.74) is 7.07. The molecular weight excluding hydrogens is 625 g/mol. The second kappa shape index (κ2) is 14.4. The maximum absolute atomic E-state index is 12.9. The van der Waals surface area contributed by atoms with Crippen LogP contribution in [0.25, 0.3) is 22.8 Å². The fourth-order valence-electron chi connectivity index (χ4n) is 5.53. The average molecular weight is 663 g/mol. The van der Waals surface area contributed by atoms with E-state index < -0.39 is 6.36 Å². The average Bonchev–Trinajstić information content (AvgIpc) is 3.64. The van der Waals surface area contributed by atoms with Crippen LogP contribution in [0.5, 0.6) is 5.75 Å². The van der Waals surface area contributed by atoms with Gasteiger partial charge in [-0.1, -0.05) is 50.2 Å². The van der Waals surface area contributed by atoms with Crippen molar-refractivity contribution < 1.29 is 22.7 Å². The van der Waals surface area contributed by atoms with Gasteiger partial charge in [0, 0.05) is 22.7 Å². The monoisotopic (exact) mass is 662 g/mol. The first-order valence-electron chi connectivity index (χ1n) is 15.4. The Bertz CT molecular complexity index is 1890. The van der Waals surface area contributed by atoms with Crippen molar-refractivity contribution in [3.05, 3.63) is 106 Å². The number of thiazole rings is 1. The van der Waals surface area contributed by atoms with Crippen LogP contribution in [0.3, 0.4) is 0 Å². The van der Waals surface area contributed by atoms with E-state index in [0.717, 1.165) is 41.8 Å². The number of nitrogens with one attached hydrogen (secondary N) is 1. The number of aryl methyl sites for hydroxylation is 3. The van der Waals surface area contributed by atoms with Crippen LogP contribution < -0.4 is 14.9 Å². The number of aromatic nitrogens is 4. The van der Waals surface area contributed by atoms with E-state index in [0.29, 0.717) is 22.2 Å². The van der Waals surface area contributed by atoms with Gasteiger partial charge in [-0.3, -0.25) is 4.57 Å². The minimum atomic E-state index is -4.74. The third-order valence-electron chi connectivity index (χ3n) is 7.71. The first kappa shape index (κ1) is 33.6. The lowest BCUT2D eigenvalue weighted by Crippen LogP contribution is -2.32. The largest absolute Gasteiger partial charge is 0.573 e. The zero-order valence-electron chi connectivity index (χ0n) is 26.9. The molecule has 12 heteroatoms. The van der Waals surface area contributed by atoms with Crippen molar-refractivity contribution in [2.75, 3.05) is 0 Å². The van der Waals surface area contributed by atoms with Gasteiger partial charge >= 0.3 is 12.4 Å². The number of halogens is 3. The number of carbonyl (C=O) groups is 1. The number of carbonyl (C=O) groups excluding carboxylic acids is 1. The third-order valence-corrected chi connectivity index (χ3v) is 8.65. The fraction of sp³-hybridized carbons (Fsp3) is 0.314. The molecular formula is C35H37F3N6O2S.